The van der Waals surface area contributed by atoms with Crippen LogP contribution in [0.4, 0.5) is 0 Å². The Bertz CT molecular complexity index is 598. The molecule has 0 fully saturated rings. The van der Waals surface area contributed by atoms with Gasteiger partial charge in [-0.05, 0) is 36.1 Å². The van der Waals surface area contributed by atoms with Crippen LogP contribution in [0, 0.1) is 18.3 Å². The lowest BCUT2D eigenvalue weighted by Gasteiger charge is -2.08. The fourth-order valence-corrected chi connectivity index (χ4v) is 1.89. The predicted molar refractivity (Wildman–Crippen MR) is 86.8 cm³/mol. The molecule has 0 amide bonds. The van der Waals surface area contributed by atoms with E-state index >= 15 is 0 Å². The third kappa shape index (κ3) is 4.38. The first-order valence-electron chi connectivity index (χ1n) is 6.50. The molecule has 0 unspecified atom stereocenters. The summed E-state index contributed by atoms with van der Waals surface area (Å²) in [6.45, 7) is 10.4. The van der Waals surface area contributed by atoms with Crippen molar-refractivity contribution in [3.05, 3.63) is 71.8 Å². The third-order valence-corrected chi connectivity index (χ3v) is 2.94. The van der Waals surface area contributed by atoms with Crippen molar-refractivity contribution in [2.75, 3.05) is 6.54 Å². The summed E-state index contributed by atoms with van der Waals surface area (Å²) in [5.74, 6) is 0. The molecular weight excluding hydrogens is 244 g/mol. The molecular formula is C18H20N2. The molecule has 0 spiro atoms. The van der Waals surface area contributed by atoms with Gasteiger partial charge in [0.05, 0.1) is 6.07 Å². The summed E-state index contributed by atoms with van der Waals surface area (Å²) >= 11 is 0. The SMILES string of the molecule is C=Cc1cc(C)ccc1C(=C)C/C=C\C(C#N)=C/CN. The van der Waals surface area contributed by atoms with Gasteiger partial charge >= 0.3 is 0 Å². The maximum Gasteiger partial charge on any atom is 0.0988 e. The van der Waals surface area contributed by atoms with Crippen molar-refractivity contribution in [2.45, 2.75) is 13.3 Å². The molecule has 2 heteroatoms. The quantitative estimate of drug-likeness (QED) is 0.623. The fourth-order valence-electron chi connectivity index (χ4n) is 1.89. The number of nitrogens with two attached hydrogens (primary N) is 1. The Morgan fingerprint density at radius 3 is 2.80 bits per heavy atom. The first-order chi connectivity index (χ1) is 9.62. The standard InChI is InChI=1S/C18H20N2/c1-4-17-12-14(2)8-9-18(17)15(3)6-5-7-16(13-20)10-11-19/h4-5,7-10,12H,1,3,6,11,19H2,2H3/b7-5-,16-10+. The molecule has 20 heavy (non-hydrogen) atoms. The maximum absolute atomic E-state index is 8.89. The number of allylic oxidation sites excluding steroid dienone is 4. The van der Waals surface area contributed by atoms with E-state index in [0.717, 1.165) is 16.7 Å². The highest BCUT2D eigenvalue weighted by Crippen LogP contribution is 2.23. The normalized spacial score (nSPS) is 11.3. The molecule has 0 aliphatic heterocycles. The average Bonchev–Trinajstić information content (AvgIpc) is 2.45. The van der Waals surface area contributed by atoms with E-state index in [0.29, 0.717) is 18.5 Å². The predicted octanol–water partition coefficient (Wildman–Crippen LogP) is 4.01. The summed E-state index contributed by atoms with van der Waals surface area (Å²) in [6.07, 6.45) is 7.93. The number of rotatable bonds is 6. The van der Waals surface area contributed by atoms with Gasteiger partial charge < -0.3 is 5.73 Å². The molecule has 0 atom stereocenters. The highest BCUT2D eigenvalue weighted by Gasteiger charge is 2.02. The van der Waals surface area contributed by atoms with Gasteiger partial charge in [-0.2, -0.15) is 5.26 Å². The Hall–Kier alpha value is -2.37. The second kappa shape index (κ2) is 7.93. The van der Waals surface area contributed by atoms with Crippen LogP contribution in [0.3, 0.4) is 0 Å². The minimum Gasteiger partial charge on any atom is -0.327 e. The average molecular weight is 264 g/mol. The number of nitriles is 1. The molecule has 0 aliphatic rings. The highest BCUT2D eigenvalue weighted by molar-refractivity contribution is 5.73. The number of hydrogen-bond acceptors (Lipinski definition) is 2. The van der Waals surface area contributed by atoms with Crippen molar-refractivity contribution in [1.29, 1.82) is 5.26 Å². The van der Waals surface area contributed by atoms with E-state index in [4.69, 9.17) is 11.0 Å². The highest BCUT2D eigenvalue weighted by atomic mass is 14.5. The molecule has 0 heterocycles. The number of benzene rings is 1. The van der Waals surface area contributed by atoms with Crippen LogP contribution < -0.4 is 5.73 Å². The minimum absolute atomic E-state index is 0.368. The maximum atomic E-state index is 8.89. The van der Waals surface area contributed by atoms with E-state index in [1.165, 1.54) is 5.56 Å². The third-order valence-electron chi connectivity index (χ3n) is 2.94. The topological polar surface area (TPSA) is 49.8 Å². The van der Waals surface area contributed by atoms with Crippen LogP contribution >= 0.6 is 0 Å². The molecule has 102 valence electrons. The van der Waals surface area contributed by atoms with E-state index in [9.17, 15) is 0 Å². The van der Waals surface area contributed by atoms with Gasteiger partial charge in [0.2, 0.25) is 0 Å². The van der Waals surface area contributed by atoms with Crippen LogP contribution in [-0.4, -0.2) is 6.54 Å². The number of nitrogens with zero attached hydrogens (tertiary/aromatic N) is 1. The minimum atomic E-state index is 0.368. The van der Waals surface area contributed by atoms with Crippen LogP contribution in [-0.2, 0) is 0 Å². The van der Waals surface area contributed by atoms with Gasteiger partial charge in [0.15, 0.2) is 0 Å². The largest absolute Gasteiger partial charge is 0.327 e. The molecule has 2 N–H and O–H groups in total. The molecule has 0 aliphatic carbocycles. The van der Waals surface area contributed by atoms with Crippen molar-refractivity contribution in [3.8, 4) is 6.07 Å². The van der Waals surface area contributed by atoms with E-state index < -0.39 is 0 Å². The zero-order valence-corrected chi connectivity index (χ0v) is 11.9. The fraction of sp³-hybridized carbons (Fsp3) is 0.167. The van der Waals surface area contributed by atoms with E-state index in [1.807, 2.05) is 12.2 Å². The van der Waals surface area contributed by atoms with Gasteiger partial charge in [-0.3, -0.25) is 0 Å². The van der Waals surface area contributed by atoms with Crippen molar-refractivity contribution >= 4 is 11.6 Å². The zero-order valence-electron chi connectivity index (χ0n) is 11.9. The van der Waals surface area contributed by atoms with E-state index in [2.05, 4.69) is 44.3 Å². The van der Waals surface area contributed by atoms with Crippen LogP contribution in [0.1, 0.15) is 23.1 Å². The Morgan fingerprint density at radius 2 is 2.20 bits per heavy atom. The smallest absolute Gasteiger partial charge is 0.0988 e. The lowest BCUT2D eigenvalue weighted by Crippen LogP contribution is -1.94. The Balaban J connectivity index is 2.83. The van der Waals surface area contributed by atoms with Gasteiger partial charge in [-0.1, -0.05) is 55.1 Å². The molecule has 2 nitrogen and oxygen atoms in total. The molecule has 0 saturated heterocycles. The molecule has 0 bridgehead atoms. The molecule has 1 rings (SSSR count). The first kappa shape index (κ1) is 15.7. The summed E-state index contributed by atoms with van der Waals surface area (Å²) in [5.41, 5.74) is 10.3. The summed E-state index contributed by atoms with van der Waals surface area (Å²) in [6, 6.07) is 8.31. The van der Waals surface area contributed by atoms with Crippen molar-refractivity contribution in [3.63, 3.8) is 0 Å². The van der Waals surface area contributed by atoms with Crippen LogP contribution in [0.25, 0.3) is 11.6 Å². The van der Waals surface area contributed by atoms with Crippen molar-refractivity contribution in [1.82, 2.24) is 0 Å². The van der Waals surface area contributed by atoms with Gasteiger partial charge in [0.25, 0.3) is 0 Å². The Labute approximate surface area is 121 Å². The van der Waals surface area contributed by atoms with E-state index in [-0.39, 0.29) is 0 Å². The summed E-state index contributed by atoms with van der Waals surface area (Å²) in [7, 11) is 0. The number of aryl methyl sites for hydroxylation is 1. The second-order valence-corrected chi connectivity index (χ2v) is 4.51. The lowest BCUT2D eigenvalue weighted by molar-refractivity contribution is 1.24. The van der Waals surface area contributed by atoms with Gasteiger partial charge in [0.1, 0.15) is 0 Å². The zero-order chi connectivity index (χ0) is 15.0. The van der Waals surface area contributed by atoms with Crippen molar-refractivity contribution in [2.24, 2.45) is 5.73 Å². The molecule has 0 saturated carbocycles. The van der Waals surface area contributed by atoms with Crippen LogP contribution in [0.2, 0.25) is 0 Å². The number of hydrogen-bond donors (Lipinski definition) is 1. The Kier molecular flexibility index (Phi) is 6.22. The molecule has 1 aromatic carbocycles. The van der Waals surface area contributed by atoms with Gasteiger partial charge in [0, 0.05) is 12.1 Å². The van der Waals surface area contributed by atoms with Crippen molar-refractivity contribution < 1.29 is 0 Å². The molecule has 1 aromatic rings. The summed E-state index contributed by atoms with van der Waals surface area (Å²) in [4.78, 5) is 0. The summed E-state index contributed by atoms with van der Waals surface area (Å²) in [5, 5.41) is 8.89. The van der Waals surface area contributed by atoms with Crippen LogP contribution in [0.15, 0.2) is 55.2 Å². The van der Waals surface area contributed by atoms with Crippen LogP contribution in [0.5, 0.6) is 0 Å². The molecule has 0 radical (unpaired) electrons. The first-order valence-corrected chi connectivity index (χ1v) is 6.50. The monoisotopic (exact) mass is 264 g/mol. The van der Waals surface area contributed by atoms with E-state index in [1.54, 1.807) is 12.2 Å². The Morgan fingerprint density at radius 1 is 1.45 bits per heavy atom. The second-order valence-electron chi connectivity index (χ2n) is 4.51. The lowest BCUT2D eigenvalue weighted by atomic mass is 9.96. The van der Waals surface area contributed by atoms with Gasteiger partial charge in [-0.25, -0.2) is 0 Å². The molecule has 0 aromatic heterocycles. The van der Waals surface area contributed by atoms with Gasteiger partial charge in [-0.15, -0.1) is 0 Å². The summed E-state index contributed by atoms with van der Waals surface area (Å²) < 4.78 is 0.